The van der Waals surface area contributed by atoms with Gasteiger partial charge in [-0.3, -0.25) is 0 Å². The van der Waals surface area contributed by atoms with Gasteiger partial charge in [-0.1, -0.05) is 68.5 Å². The van der Waals surface area contributed by atoms with Crippen molar-refractivity contribution in [2.24, 2.45) is 5.92 Å². The third-order valence-electron chi connectivity index (χ3n) is 5.32. The number of nitrogen functional groups attached to an aromatic ring is 1. The van der Waals surface area contributed by atoms with Crippen LogP contribution >= 0.6 is 0 Å². The molecule has 2 aromatic carbocycles. The zero-order valence-electron chi connectivity index (χ0n) is 13.1. The van der Waals surface area contributed by atoms with Crippen molar-refractivity contribution in [3.8, 4) is 11.1 Å². The maximum atomic E-state index is 5.80. The number of allylic oxidation sites excluding steroid dienone is 4. The highest BCUT2D eigenvalue weighted by Crippen LogP contribution is 2.53. The van der Waals surface area contributed by atoms with Gasteiger partial charge in [-0.15, -0.1) is 0 Å². The van der Waals surface area contributed by atoms with Crippen LogP contribution in [-0.4, -0.2) is 0 Å². The summed E-state index contributed by atoms with van der Waals surface area (Å²) in [6.07, 6.45) is 9.09. The molecule has 2 aliphatic carbocycles. The molecule has 0 amide bonds. The van der Waals surface area contributed by atoms with Crippen LogP contribution < -0.4 is 5.73 Å². The molecule has 2 atom stereocenters. The molecule has 2 aromatic rings. The highest BCUT2D eigenvalue weighted by atomic mass is 14.5. The second-order valence-electron chi connectivity index (χ2n) is 6.97. The molecule has 22 heavy (non-hydrogen) atoms. The van der Waals surface area contributed by atoms with Crippen molar-refractivity contribution in [1.82, 2.24) is 0 Å². The van der Waals surface area contributed by atoms with Gasteiger partial charge in [-0.25, -0.2) is 0 Å². The minimum absolute atomic E-state index is 0.172. The van der Waals surface area contributed by atoms with Gasteiger partial charge in [0.2, 0.25) is 0 Å². The van der Waals surface area contributed by atoms with Crippen molar-refractivity contribution in [2.75, 3.05) is 5.73 Å². The molecule has 0 spiro atoms. The van der Waals surface area contributed by atoms with E-state index in [2.05, 4.69) is 68.5 Å². The molecular formula is C21H21N. The molecule has 0 saturated carbocycles. The Bertz CT molecular complexity index is 778. The first-order valence-corrected chi connectivity index (χ1v) is 7.93. The van der Waals surface area contributed by atoms with Gasteiger partial charge in [0, 0.05) is 11.6 Å². The highest BCUT2D eigenvalue weighted by molar-refractivity contribution is 5.68. The van der Waals surface area contributed by atoms with Gasteiger partial charge < -0.3 is 5.73 Å². The van der Waals surface area contributed by atoms with Crippen molar-refractivity contribution in [2.45, 2.75) is 25.2 Å². The fourth-order valence-corrected chi connectivity index (χ4v) is 4.03. The third-order valence-corrected chi connectivity index (χ3v) is 5.32. The molecule has 110 valence electrons. The number of hydrogen-bond donors (Lipinski definition) is 1. The van der Waals surface area contributed by atoms with Crippen LogP contribution in [0.2, 0.25) is 0 Å². The lowest BCUT2D eigenvalue weighted by Gasteiger charge is -2.29. The molecule has 2 aliphatic rings. The molecule has 0 heterocycles. The molecule has 0 aromatic heterocycles. The van der Waals surface area contributed by atoms with E-state index in [1.165, 1.54) is 22.3 Å². The lowest BCUT2D eigenvalue weighted by molar-refractivity contribution is 0.394. The Morgan fingerprint density at radius 2 is 1.55 bits per heavy atom. The molecular weight excluding hydrogens is 266 g/mol. The van der Waals surface area contributed by atoms with E-state index in [1.807, 2.05) is 12.1 Å². The number of fused-ring (bicyclic) bond motifs is 3. The summed E-state index contributed by atoms with van der Waals surface area (Å²) >= 11 is 0. The van der Waals surface area contributed by atoms with E-state index in [9.17, 15) is 0 Å². The maximum Gasteiger partial charge on any atom is 0.0314 e. The fraction of sp³-hybridized carbons (Fsp3) is 0.238. The van der Waals surface area contributed by atoms with Gasteiger partial charge in [0.25, 0.3) is 0 Å². The molecule has 2 unspecified atom stereocenters. The smallest absolute Gasteiger partial charge is 0.0314 e. The van der Waals surface area contributed by atoms with Gasteiger partial charge in [0.05, 0.1) is 0 Å². The van der Waals surface area contributed by atoms with Crippen LogP contribution in [0, 0.1) is 5.92 Å². The first-order chi connectivity index (χ1) is 10.6. The summed E-state index contributed by atoms with van der Waals surface area (Å²) in [4.78, 5) is 0. The molecule has 1 nitrogen and oxygen atoms in total. The fourth-order valence-electron chi connectivity index (χ4n) is 4.03. The van der Waals surface area contributed by atoms with Gasteiger partial charge in [0.15, 0.2) is 0 Å². The summed E-state index contributed by atoms with van der Waals surface area (Å²) in [5.41, 5.74) is 12.3. The van der Waals surface area contributed by atoms with Crippen LogP contribution in [0.1, 0.15) is 30.9 Å². The van der Waals surface area contributed by atoms with Crippen molar-refractivity contribution in [3.05, 3.63) is 77.9 Å². The summed E-state index contributed by atoms with van der Waals surface area (Å²) in [5, 5.41) is 0. The van der Waals surface area contributed by atoms with E-state index in [4.69, 9.17) is 5.73 Å². The van der Waals surface area contributed by atoms with Crippen molar-refractivity contribution in [3.63, 3.8) is 0 Å². The van der Waals surface area contributed by atoms with E-state index in [0.29, 0.717) is 11.8 Å². The molecule has 2 N–H and O–H groups in total. The monoisotopic (exact) mass is 287 g/mol. The SMILES string of the molecule is CC1(C)c2cc(-c3ccc(N)cc3)ccc2C2C=CC=CC21. The maximum absolute atomic E-state index is 5.80. The van der Waals surface area contributed by atoms with Gasteiger partial charge in [-0.05, 0) is 45.7 Å². The van der Waals surface area contributed by atoms with Crippen LogP contribution in [0.15, 0.2) is 66.8 Å². The van der Waals surface area contributed by atoms with Crippen molar-refractivity contribution < 1.29 is 0 Å². The number of benzene rings is 2. The summed E-state index contributed by atoms with van der Waals surface area (Å²) in [5.74, 6) is 1.09. The first kappa shape index (κ1) is 13.4. The normalized spacial score (nSPS) is 24.1. The topological polar surface area (TPSA) is 26.0 Å². The molecule has 0 saturated heterocycles. The zero-order valence-corrected chi connectivity index (χ0v) is 13.1. The van der Waals surface area contributed by atoms with Crippen molar-refractivity contribution >= 4 is 5.69 Å². The van der Waals surface area contributed by atoms with E-state index in [1.54, 1.807) is 0 Å². The summed E-state index contributed by atoms with van der Waals surface area (Å²) in [6, 6.07) is 15.1. The number of anilines is 1. The Morgan fingerprint density at radius 1 is 0.864 bits per heavy atom. The molecule has 0 fully saturated rings. The second-order valence-corrected chi connectivity index (χ2v) is 6.97. The largest absolute Gasteiger partial charge is 0.399 e. The Balaban J connectivity index is 1.84. The molecule has 0 bridgehead atoms. The lowest BCUT2D eigenvalue weighted by Crippen LogP contribution is -2.24. The number of rotatable bonds is 1. The second kappa shape index (κ2) is 4.61. The molecule has 4 rings (SSSR count). The number of nitrogens with two attached hydrogens (primary N) is 1. The van der Waals surface area contributed by atoms with Crippen molar-refractivity contribution in [1.29, 1.82) is 0 Å². The molecule has 1 heteroatoms. The van der Waals surface area contributed by atoms with Crippen LogP contribution in [0.25, 0.3) is 11.1 Å². The number of hydrogen-bond acceptors (Lipinski definition) is 1. The lowest BCUT2D eigenvalue weighted by atomic mass is 9.74. The standard InChI is InChI=1S/C21H21N/c1-21(2)19-6-4-3-5-17(19)18-12-9-15(13-20(18)21)14-7-10-16(22)11-8-14/h3-13,17,19H,22H2,1-2H3. The van der Waals surface area contributed by atoms with E-state index in [0.717, 1.165) is 5.69 Å². The van der Waals surface area contributed by atoms with Gasteiger partial charge in [-0.2, -0.15) is 0 Å². The molecule has 0 radical (unpaired) electrons. The first-order valence-electron chi connectivity index (χ1n) is 7.93. The Hall–Kier alpha value is -2.28. The van der Waals surface area contributed by atoms with Gasteiger partial charge in [0.1, 0.15) is 0 Å². The minimum atomic E-state index is 0.172. The van der Waals surface area contributed by atoms with E-state index in [-0.39, 0.29) is 5.41 Å². The van der Waals surface area contributed by atoms with E-state index < -0.39 is 0 Å². The molecule has 0 aliphatic heterocycles. The summed E-state index contributed by atoms with van der Waals surface area (Å²) in [7, 11) is 0. The summed E-state index contributed by atoms with van der Waals surface area (Å²) in [6.45, 7) is 4.74. The third kappa shape index (κ3) is 1.85. The highest BCUT2D eigenvalue weighted by Gasteiger charge is 2.44. The predicted octanol–water partition coefficient (Wildman–Crippen LogP) is 5.05. The average Bonchev–Trinajstić information content (AvgIpc) is 2.77. The quantitative estimate of drug-likeness (QED) is 0.729. The Morgan fingerprint density at radius 3 is 2.32 bits per heavy atom. The minimum Gasteiger partial charge on any atom is -0.399 e. The predicted molar refractivity (Wildman–Crippen MR) is 93.8 cm³/mol. The van der Waals surface area contributed by atoms with Crippen LogP contribution in [0.3, 0.4) is 0 Å². The van der Waals surface area contributed by atoms with Crippen LogP contribution in [0.5, 0.6) is 0 Å². The van der Waals surface area contributed by atoms with Crippen LogP contribution in [0.4, 0.5) is 5.69 Å². The zero-order chi connectivity index (χ0) is 15.3. The Labute approximate surface area is 132 Å². The van der Waals surface area contributed by atoms with Gasteiger partial charge >= 0.3 is 0 Å². The van der Waals surface area contributed by atoms with Crippen LogP contribution in [-0.2, 0) is 5.41 Å². The average molecular weight is 287 g/mol. The summed E-state index contributed by atoms with van der Waals surface area (Å²) < 4.78 is 0. The van der Waals surface area contributed by atoms with E-state index >= 15 is 0 Å². The Kier molecular flexibility index (Phi) is 2.80.